The molecule has 5 nitrogen and oxygen atoms in total. The van der Waals surface area contributed by atoms with Crippen LogP contribution >= 0.6 is 11.6 Å². The maximum Gasteiger partial charge on any atom is 0.202 e. The van der Waals surface area contributed by atoms with Crippen LogP contribution in [0.2, 0.25) is 5.02 Å². The molecule has 0 spiro atoms. The van der Waals surface area contributed by atoms with E-state index in [0.717, 1.165) is 43.3 Å². The molecule has 2 aromatic heterocycles. The number of aromatic nitrogens is 3. The summed E-state index contributed by atoms with van der Waals surface area (Å²) >= 11 is 5.89. The summed E-state index contributed by atoms with van der Waals surface area (Å²) in [5.41, 5.74) is 7.43. The van der Waals surface area contributed by atoms with E-state index < -0.39 is 0 Å². The number of halogens is 1. The summed E-state index contributed by atoms with van der Waals surface area (Å²) in [6, 6.07) is 1.78. The molecule has 0 amide bonds. The molecule has 0 aliphatic heterocycles. The molecule has 102 valence electrons. The van der Waals surface area contributed by atoms with Crippen LogP contribution in [0.3, 0.4) is 0 Å². The van der Waals surface area contributed by atoms with Gasteiger partial charge in [0.05, 0.1) is 5.02 Å². The van der Waals surface area contributed by atoms with Crippen LogP contribution in [-0.2, 0) is 11.3 Å². The summed E-state index contributed by atoms with van der Waals surface area (Å²) in [7, 11) is 0. The van der Waals surface area contributed by atoms with Gasteiger partial charge in [0, 0.05) is 26.0 Å². The van der Waals surface area contributed by atoms with E-state index >= 15 is 0 Å². The first-order valence-electron chi connectivity index (χ1n) is 6.59. The number of anilines is 1. The van der Waals surface area contributed by atoms with Crippen LogP contribution in [0.25, 0.3) is 11.2 Å². The van der Waals surface area contributed by atoms with E-state index in [2.05, 4.69) is 9.97 Å². The Bertz CT molecular complexity index is 579. The fourth-order valence-corrected chi connectivity index (χ4v) is 2.24. The smallest absolute Gasteiger partial charge is 0.202 e. The van der Waals surface area contributed by atoms with Crippen LogP contribution in [0.4, 0.5) is 5.95 Å². The third kappa shape index (κ3) is 2.98. The number of rotatable bonds is 6. The normalized spacial score (nSPS) is 15.2. The van der Waals surface area contributed by atoms with E-state index in [4.69, 9.17) is 22.1 Å². The van der Waals surface area contributed by atoms with Crippen LogP contribution in [0.5, 0.6) is 0 Å². The molecular formula is C13H17ClN4O. The second kappa shape index (κ2) is 5.35. The van der Waals surface area contributed by atoms with Gasteiger partial charge < -0.3 is 10.5 Å². The molecule has 3 rings (SSSR count). The first kappa shape index (κ1) is 12.7. The predicted octanol–water partition coefficient (Wildman–Crippen LogP) is 2.48. The Morgan fingerprint density at radius 1 is 1.47 bits per heavy atom. The molecule has 1 saturated carbocycles. The summed E-state index contributed by atoms with van der Waals surface area (Å²) in [4.78, 5) is 8.55. The lowest BCUT2D eigenvalue weighted by Crippen LogP contribution is -2.07. The van der Waals surface area contributed by atoms with Gasteiger partial charge in [-0.05, 0) is 31.2 Å². The molecular weight excluding hydrogens is 264 g/mol. The third-order valence-corrected chi connectivity index (χ3v) is 3.51. The third-order valence-electron chi connectivity index (χ3n) is 3.30. The van der Waals surface area contributed by atoms with Gasteiger partial charge in [0.25, 0.3) is 0 Å². The van der Waals surface area contributed by atoms with Gasteiger partial charge in [0.2, 0.25) is 5.95 Å². The molecule has 1 aliphatic carbocycles. The van der Waals surface area contributed by atoms with E-state index in [1.807, 2.05) is 4.57 Å². The van der Waals surface area contributed by atoms with E-state index in [0.29, 0.717) is 11.0 Å². The number of aryl methyl sites for hydroxylation is 1. The van der Waals surface area contributed by atoms with Gasteiger partial charge in [-0.2, -0.15) is 0 Å². The van der Waals surface area contributed by atoms with Crippen molar-refractivity contribution in [3.05, 3.63) is 17.3 Å². The zero-order chi connectivity index (χ0) is 13.2. The minimum atomic E-state index is 0.479. The average Bonchev–Trinajstić information content (AvgIpc) is 3.14. The van der Waals surface area contributed by atoms with E-state index in [9.17, 15) is 0 Å². The monoisotopic (exact) mass is 280 g/mol. The Kier molecular flexibility index (Phi) is 3.57. The number of pyridine rings is 1. The van der Waals surface area contributed by atoms with Crippen molar-refractivity contribution in [1.29, 1.82) is 0 Å². The average molecular weight is 281 g/mol. The highest BCUT2D eigenvalue weighted by Gasteiger charge is 2.20. The molecule has 0 radical (unpaired) electrons. The fourth-order valence-electron chi connectivity index (χ4n) is 2.08. The van der Waals surface area contributed by atoms with Gasteiger partial charge >= 0.3 is 0 Å². The van der Waals surface area contributed by atoms with E-state index in [-0.39, 0.29) is 0 Å². The van der Waals surface area contributed by atoms with E-state index in [1.165, 1.54) is 12.8 Å². The minimum Gasteiger partial charge on any atom is -0.381 e. The number of hydrogen-bond acceptors (Lipinski definition) is 4. The van der Waals surface area contributed by atoms with Gasteiger partial charge in [-0.25, -0.2) is 9.97 Å². The molecule has 0 unspecified atom stereocenters. The lowest BCUT2D eigenvalue weighted by atomic mass is 10.4. The molecule has 2 N–H and O–H groups in total. The second-order valence-electron chi connectivity index (χ2n) is 4.99. The van der Waals surface area contributed by atoms with Crippen molar-refractivity contribution in [2.24, 2.45) is 5.92 Å². The number of ether oxygens (including phenoxy) is 1. The summed E-state index contributed by atoms with van der Waals surface area (Å²) in [5, 5.41) is 0.574. The fraction of sp³-hybridized carbons (Fsp3) is 0.538. The topological polar surface area (TPSA) is 66.0 Å². The molecule has 0 bridgehead atoms. The van der Waals surface area contributed by atoms with Gasteiger partial charge in [-0.1, -0.05) is 11.6 Å². The SMILES string of the molecule is Nc1nc2cc(Cl)cnc2n1CCCOCC1CC1. The van der Waals surface area contributed by atoms with Gasteiger partial charge in [0.15, 0.2) is 5.65 Å². The van der Waals surface area contributed by atoms with Crippen molar-refractivity contribution in [2.45, 2.75) is 25.8 Å². The lowest BCUT2D eigenvalue weighted by Gasteiger charge is -2.06. The Balaban J connectivity index is 1.61. The molecule has 2 aromatic rings. The molecule has 1 aliphatic rings. The Morgan fingerprint density at radius 2 is 2.32 bits per heavy atom. The van der Waals surface area contributed by atoms with Crippen LogP contribution in [0, 0.1) is 5.92 Å². The van der Waals surface area contributed by atoms with Gasteiger partial charge in [-0.3, -0.25) is 4.57 Å². The quantitative estimate of drug-likeness (QED) is 0.826. The highest BCUT2D eigenvalue weighted by Crippen LogP contribution is 2.28. The van der Waals surface area contributed by atoms with E-state index in [1.54, 1.807) is 12.3 Å². The molecule has 0 saturated heterocycles. The molecule has 19 heavy (non-hydrogen) atoms. The number of nitrogen functional groups attached to an aromatic ring is 1. The lowest BCUT2D eigenvalue weighted by molar-refractivity contribution is 0.119. The highest BCUT2D eigenvalue weighted by atomic mass is 35.5. The molecule has 6 heteroatoms. The van der Waals surface area contributed by atoms with Crippen molar-refractivity contribution in [2.75, 3.05) is 18.9 Å². The Hall–Kier alpha value is -1.33. The zero-order valence-corrected chi connectivity index (χ0v) is 11.4. The standard InChI is InChI=1S/C13H17ClN4O/c14-10-6-11-12(16-7-10)18(13(15)17-11)4-1-5-19-8-9-2-3-9/h6-7,9H,1-5,8H2,(H2,15,17). The van der Waals surface area contributed by atoms with Crippen LogP contribution in [-0.4, -0.2) is 27.7 Å². The Labute approximate surface area is 116 Å². The van der Waals surface area contributed by atoms with Crippen LogP contribution in [0.15, 0.2) is 12.3 Å². The van der Waals surface area contributed by atoms with Crippen molar-refractivity contribution in [3.8, 4) is 0 Å². The van der Waals surface area contributed by atoms with Crippen molar-refractivity contribution < 1.29 is 4.74 Å². The maximum atomic E-state index is 5.90. The van der Waals surface area contributed by atoms with Crippen molar-refractivity contribution >= 4 is 28.7 Å². The molecule has 1 fully saturated rings. The summed E-state index contributed by atoms with van der Waals surface area (Å²) < 4.78 is 7.52. The van der Waals surface area contributed by atoms with Crippen LogP contribution in [0.1, 0.15) is 19.3 Å². The number of nitrogens with zero attached hydrogens (tertiary/aromatic N) is 3. The van der Waals surface area contributed by atoms with Crippen molar-refractivity contribution in [3.63, 3.8) is 0 Å². The van der Waals surface area contributed by atoms with Crippen LogP contribution < -0.4 is 5.73 Å². The Morgan fingerprint density at radius 3 is 3.11 bits per heavy atom. The maximum absolute atomic E-state index is 5.90. The van der Waals surface area contributed by atoms with Crippen molar-refractivity contribution in [1.82, 2.24) is 14.5 Å². The number of nitrogens with two attached hydrogens (primary N) is 1. The second-order valence-corrected chi connectivity index (χ2v) is 5.43. The molecule has 0 atom stereocenters. The summed E-state index contributed by atoms with van der Waals surface area (Å²) in [6.45, 7) is 2.42. The number of hydrogen-bond donors (Lipinski definition) is 1. The largest absolute Gasteiger partial charge is 0.381 e. The van der Waals surface area contributed by atoms with Gasteiger partial charge in [-0.15, -0.1) is 0 Å². The molecule has 2 heterocycles. The first-order valence-corrected chi connectivity index (χ1v) is 6.97. The zero-order valence-electron chi connectivity index (χ0n) is 10.7. The minimum absolute atomic E-state index is 0.479. The summed E-state index contributed by atoms with van der Waals surface area (Å²) in [6.07, 6.45) is 5.17. The highest BCUT2D eigenvalue weighted by molar-refractivity contribution is 6.31. The number of imidazole rings is 1. The number of fused-ring (bicyclic) bond motifs is 1. The first-order chi connectivity index (χ1) is 9.24. The summed E-state index contributed by atoms with van der Waals surface area (Å²) in [5.74, 6) is 1.29. The predicted molar refractivity (Wildman–Crippen MR) is 75.1 cm³/mol. The molecule has 0 aromatic carbocycles. The van der Waals surface area contributed by atoms with Gasteiger partial charge in [0.1, 0.15) is 5.52 Å².